The van der Waals surface area contributed by atoms with Crippen molar-refractivity contribution in [2.45, 2.75) is 152 Å². The van der Waals surface area contributed by atoms with E-state index in [9.17, 15) is 48.3 Å². The number of ether oxygens (including phenoxy) is 2. The molecule has 6 amide bonds. The van der Waals surface area contributed by atoms with Crippen molar-refractivity contribution in [2.24, 2.45) is 5.90 Å². The van der Waals surface area contributed by atoms with Crippen LogP contribution in [0.1, 0.15) is 111 Å². The number of hydrogen-bond donors (Lipinski definition) is 9. The number of halogens is 3. The average Bonchev–Trinajstić information content (AvgIpc) is 1.64. The number of anilines is 5. The fourth-order valence-corrected chi connectivity index (χ4v) is 15.6. The van der Waals surface area contributed by atoms with Crippen LogP contribution in [0.15, 0.2) is 274 Å². The van der Waals surface area contributed by atoms with E-state index in [0.717, 1.165) is 133 Å². The van der Waals surface area contributed by atoms with Crippen molar-refractivity contribution in [3.8, 4) is 0 Å². The van der Waals surface area contributed by atoms with Crippen molar-refractivity contribution in [3.05, 3.63) is 296 Å². The molecular weight excluding hydrogens is 1870 g/mol. The number of carbonyl (C=O) groups excluding carboxylic acids is 9. The highest BCUT2D eigenvalue weighted by atomic mass is 35.5. The molecule has 4 heterocycles. The fourth-order valence-electron chi connectivity index (χ4n) is 14.4. The molecule has 0 saturated carbocycles. The first-order valence-corrected chi connectivity index (χ1v) is 50.8. The Hall–Kier alpha value is -12.8. The van der Waals surface area contributed by atoms with E-state index in [0.29, 0.717) is 24.5 Å². The topological polar surface area (TPSA) is 371 Å². The summed E-state index contributed by atoms with van der Waals surface area (Å²) in [5, 5.41) is 40.3. The molecular formula is C108H142Cl3N13O16Si. The first-order chi connectivity index (χ1) is 67.4. The van der Waals surface area contributed by atoms with E-state index < -0.39 is 25.4 Å². The summed E-state index contributed by atoms with van der Waals surface area (Å²) in [5.41, 5.74) is 15.1. The third-order valence-corrected chi connectivity index (χ3v) is 27.8. The number of para-hydroxylation sites is 5. The zero-order valence-electron chi connectivity index (χ0n) is 82.5. The molecule has 0 bridgehead atoms. The minimum absolute atomic E-state index is 0. The lowest BCUT2D eigenvalue weighted by Crippen LogP contribution is -2.41. The molecule has 10 N–H and O–H groups in total. The van der Waals surface area contributed by atoms with Crippen LogP contribution in [0.5, 0.6) is 0 Å². The number of alkyl halides is 2. The number of aliphatic hydroxyl groups is 1. The number of rotatable bonds is 36. The highest BCUT2D eigenvalue weighted by molar-refractivity contribution is 6.74. The van der Waals surface area contributed by atoms with Gasteiger partial charge in [-0.05, 0) is 200 Å². The van der Waals surface area contributed by atoms with Gasteiger partial charge < -0.3 is 72.7 Å². The van der Waals surface area contributed by atoms with Gasteiger partial charge in [-0.15, -0.1) is 23.2 Å². The second kappa shape index (κ2) is 66.0. The maximum Gasteiger partial charge on any atom is 0.310 e. The summed E-state index contributed by atoms with van der Waals surface area (Å²) in [4.78, 5) is 118. The minimum atomic E-state index is -1.58. The average molecular weight is 2010 g/mol. The maximum absolute atomic E-state index is 13.0. The van der Waals surface area contributed by atoms with Crippen LogP contribution in [0.2, 0.25) is 18.1 Å². The van der Waals surface area contributed by atoms with Crippen LogP contribution < -0.4 is 41.8 Å². The lowest BCUT2D eigenvalue weighted by Gasteiger charge is -2.36. The molecule has 4 aromatic heterocycles. The summed E-state index contributed by atoms with van der Waals surface area (Å²) >= 11 is 15.1. The minimum Gasteiger partial charge on any atom is -0.469 e. The molecule has 0 radical (unpaired) electrons. The summed E-state index contributed by atoms with van der Waals surface area (Å²) in [6, 6.07) is 78.9. The lowest BCUT2D eigenvalue weighted by molar-refractivity contribution is -0.140. The summed E-state index contributed by atoms with van der Waals surface area (Å²) in [6.45, 7) is 32.0. The van der Waals surface area contributed by atoms with Crippen LogP contribution in [0.3, 0.4) is 0 Å². The standard InChI is InChI=1S/C22H24N2O3.C21H23N3O3.C20H21N3O4.C14H25NOSi.C11H14ClNO.C11H11NO2.C6H15N.C2H2Cl2O.CH4.H3NO/c1-3-13-24(18-9-5-4-6-10-18)21(25)16-23-14-12-19-17(15-22(26)27-2)8-7-11-20(19)23;1-2-12-24(17-8-4-3-5-9-17)21(26)15-23-13-11-18-16(14-20(25)22-27)7-6-10-19(18)23;24-12-11-23(16-6-2-1-3-7-16)20(26)14-22-10-9-17-15(13-19(25)21-27)5-4-8-18(17)22;1-14(2,3)17(4,5)16-12-11-15-13-9-7-6-8-10-13;1-2-8-13(11(14)9-12)10-6-4-3-5-7-10;1-14-11(13)7-8-3-2-4-10-9(8)5-6-12-10;1-4-7(5-2)6-3;3-1-2(4)5;;1-2/h4-12,14H,3,13,15-16H2,1-2H3;3-11,13,27H,2,12,14-15H2,1H3,(H,22,25);1-10,24,27H,11-14H2,(H,21,25);6-10,15H,11-12H2,1-5H3;3-7H,2,8-9H2,1H3;2-6,12H,7H2,1H3;4-6H2,1-3H3;1H2;1H4;2H,1H2. The van der Waals surface area contributed by atoms with Gasteiger partial charge in [0.2, 0.25) is 40.7 Å². The number of aromatic nitrogens is 4. The van der Waals surface area contributed by atoms with E-state index in [-0.39, 0.29) is 107 Å². The number of methoxy groups -OCH3 is 2. The molecule has 33 heteroatoms. The van der Waals surface area contributed by atoms with Crippen molar-refractivity contribution in [2.75, 3.05) is 116 Å². The van der Waals surface area contributed by atoms with Gasteiger partial charge in [0.25, 0.3) is 0 Å². The van der Waals surface area contributed by atoms with Crippen molar-refractivity contribution < 1.29 is 77.8 Å². The molecule has 141 heavy (non-hydrogen) atoms. The molecule has 0 aliphatic carbocycles. The number of amides is 6. The number of H-pyrrole nitrogens is 1. The normalized spacial score (nSPS) is 10.5. The fraction of sp³-hybridized carbons (Fsp3) is 0.343. The van der Waals surface area contributed by atoms with Gasteiger partial charge in [-0.25, -0.2) is 16.9 Å². The van der Waals surface area contributed by atoms with E-state index in [2.05, 4.69) is 99.5 Å². The van der Waals surface area contributed by atoms with Gasteiger partial charge in [0.15, 0.2) is 8.32 Å². The Morgan fingerprint density at radius 2 is 0.745 bits per heavy atom. The third-order valence-electron chi connectivity index (χ3n) is 22.6. The van der Waals surface area contributed by atoms with Crippen molar-refractivity contribution in [1.82, 2.24) is 34.5 Å². The second-order valence-corrected chi connectivity index (χ2v) is 38.8. The molecule has 13 rings (SSSR count). The van der Waals surface area contributed by atoms with Gasteiger partial charge in [0.05, 0.1) is 59.0 Å². The highest BCUT2D eigenvalue weighted by Gasteiger charge is 2.37. The second-order valence-electron chi connectivity index (χ2n) is 33.1. The molecule has 0 atom stereocenters. The van der Waals surface area contributed by atoms with Crippen molar-refractivity contribution in [1.29, 1.82) is 0 Å². The summed E-state index contributed by atoms with van der Waals surface area (Å²) in [6.07, 6.45) is 10.8. The van der Waals surface area contributed by atoms with E-state index in [4.69, 9.17) is 59.6 Å². The van der Waals surface area contributed by atoms with Crippen LogP contribution in [-0.2, 0) is 102 Å². The van der Waals surface area contributed by atoms with Crippen LogP contribution in [-0.4, -0.2) is 197 Å². The van der Waals surface area contributed by atoms with Gasteiger partial charge in [-0.2, -0.15) is 0 Å². The first-order valence-electron chi connectivity index (χ1n) is 46.4. The molecule has 29 nitrogen and oxygen atoms in total. The number of esters is 2. The van der Waals surface area contributed by atoms with E-state index in [1.54, 1.807) is 31.9 Å². The predicted molar refractivity (Wildman–Crippen MR) is 573 cm³/mol. The zero-order chi connectivity index (χ0) is 103. The summed E-state index contributed by atoms with van der Waals surface area (Å²) in [7, 11) is 1.21. The summed E-state index contributed by atoms with van der Waals surface area (Å²) in [5.74, 6) is 1.86. The molecule has 760 valence electrons. The molecule has 0 saturated heterocycles. The Balaban J connectivity index is 0.000000348. The van der Waals surface area contributed by atoms with E-state index in [1.807, 2.05) is 288 Å². The van der Waals surface area contributed by atoms with E-state index in [1.165, 1.54) is 33.9 Å². The molecule has 0 unspecified atom stereocenters. The quantitative estimate of drug-likeness (QED) is 0.00335. The molecule has 9 aromatic carbocycles. The number of benzene rings is 9. The Labute approximate surface area is 845 Å². The SMILES string of the molecule is C.CC(C)(C)[Si](C)(C)OCCNc1ccccc1.CCCN(C(=O)CCl)c1ccccc1.CCCN(C(=O)Cn1ccc2c(CC(=O)NO)cccc21)c1ccccc1.CCCN(C(=O)Cn1ccc2c(CC(=O)OC)cccc21)c1ccccc1.CCN(CC)CC.COC(=O)Cc1cccc2[nH]ccc12.NO.O=C(Cc1cccc2c1ccn2CC(=O)N(CCO)c1ccccc1)NO.O=C(Cl)CCl. The van der Waals surface area contributed by atoms with Gasteiger partial charge in [0.1, 0.15) is 25.5 Å². The van der Waals surface area contributed by atoms with Gasteiger partial charge in [0, 0.05) is 130 Å². The highest BCUT2D eigenvalue weighted by Crippen LogP contribution is 2.37. The number of hydrogen-bond acceptors (Lipinski definition) is 19. The number of nitrogens with one attached hydrogen (secondary N) is 4. The molecule has 0 spiro atoms. The van der Waals surface area contributed by atoms with Crippen LogP contribution in [0.4, 0.5) is 28.4 Å². The smallest absolute Gasteiger partial charge is 0.310 e. The van der Waals surface area contributed by atoms with Crippen molar-refractivity contribution in [3.63, 3.8) is 0 Å². The van der Waals surface area contributed by atoms with Crippen LogP contribution in [0.25, 0.3) is 43.6 Å². The monoisotopic (exact) mass is 2010 g/mol. The Kier molecular flexibility index (Phi) is 56.4. The van der Waals surface area contributed by atoms with Gasteiger partial charge >= 0.3 is 11.9 Å². The number of nitrogens with two attached hydrogens (primary N) is 1. The third kappa shape index (κ3) is 40.0. The van der Waals surface area contributed by atoms with Crippen LogP contribution >= 0.6 is 34.8 Å². The lowest BCUT2D eigenvalue weighted by atomic mass is 10.1. The molecule has 0 aliphatic heterocycles. The number of nitrogens with zero attached hydrogens (tertiary/aromatic N) is 8. The Bertz CT molecular complexity index is 5490. The molecule has 0 fully saturated rings. The number of hydroxylamine groups is 2. The Morgan fingerprint density at radius 1 is 0.426 bits per heavy atom. The Morgan fingerprint density at radius 3 is 1.04 bits per heavy atom. The van der Waals surface area contributed by atoms with E-state index >= 15 is 0 Å². The van der Waals surface area contributed by atoms with Crippen LogP contribution in [0, 0.1) is 0 Å². The predicted octanol–water partition coefficient (Wildman–Crippen LogP) is 19.6. The zero-order valence-corrected chi connectivity index (χ0v) is 85.8. The van der Waals surface area contributed by atoms with Gasteiger partial charge in [-0.3, -0.25) is 53.6 Å². The number of carbonyl (C=O) groups is 9. The number of fused-ring (bicyclic) bond motifs is 4. The number of aliphatic hydroxyl groups excluding tert-OH is 1. The maximum atomic E-state index is 13.0. The van der Waals surface area contributed by atoms with Crippen molar-refractivity contribution >= 4 is 168 Å². The molecule has 0 aliphatic rings. The molecule has 13 aromatic rings. The van der Waals surface area contributed by atoms with Gasteiger partial charge in [-0.1, -0.05) is 209 Å². The largest absolute Gasteiger partial charge is 0.469 e. The number of aromatic amines is 1. The first kappa shape index (κ1) is 120. The summed E-state index contributed by atoms with van der Waals surface area (Å²) < 4.78 is 21.1.